The molecule has 0 unspecified atom stereocenters. The Morgan fingerprint density at radius 2 is 1.45 bits per heavy atom. The van der Waals surface area contributed by atoms with Crippen LogP contribution in [0.5, 0.6) is 23.1 Å². The van der Waals surface area contributed by atoms with Crippen molar-refractivity contribution in [1.82, 2.24) is 19.4 Å². The minimum absolute atomic E-state index is 0. The van der Waals surface area contributed by atoms with Crippen LogP contribution in [0, 0.1) is 6.92 Å². The molecule has 1 saturated heterocycles. The summed E-state index contributed by atoms with van der Waals surface area (Å²) in [6.07, 6.45) is 9.05. The van der Waals surface area contributed by atoms with Crippen molar-refractivity contribution < 1.29 is 19.0 Å². The van der Waals surface area contributed by atoms with Crippen LogP contribution in [0.4, 0.5) is 0 Å². The average molecular weight is 796 g/mol. The van der Waals surface area contributed by atoms with Crippen LogP contribution in [-0.4, -0.2) is 51.4 Å². The van der Waals surface area contributed by atoms with Crippen molar-refractivity contribution in [2.75, 3.05) is 26.2 Å². The number of rotatable bonds is 13. The maximum Gasteiger partial charge on any atom is 0.246 e. The number of halogens is 3. The molecule has 55 heavy (non-hydrogen) atoms. The van der Waals surface area contributed by atoms with Crippen LogP contribution in [0.25, 0.3) is 11.8 Å². The maximum absolute atomic E-state index is 13.1. The number of benzene rings is 4. The Morgan fingerprint density at radius 3 is 2.15 bits per heavy atom. The first-order valence-electron chi connectivity index (χ1n) is 17.8. The van der Waals surface area contributed by atoms with E-state index < -0.39 is 0 Å². The number of carbonyl (C=O) groups excluding carboxylic acids is 1. The van der Waals surface area contributed by atoms with E-state index in [1.807, 2.05) is 78.8 Å². The first-order valence-corrected chi connectivity index (χ1v) is 18.6. The van der Waals surface area contributed by atoms with Crippen LogP contribution in [0.1, 0.15) is 27.8 Å². The minimum atomic E-state index is -0.0199. The zero-order valence-electron chi connectivity index (χ0n) is 30.3. The lowest BCUT2D eigenvalue weighted by Gasteiger charge is -2.34. The molecule has 0 bridgehead atoms. The Kier molecular flexibility index (Phi) is 13.5. The van der Waals surface area contributed by atoms with Gasteiger partial charge in [0.25, 0.3) is 0 Å². The molecule has 11 heteroatoms. The van der Waals surface area contributed by atoms with Gasteiger partial charge in [-0.3, -0.25) is 9.69 Å². The van der Waals surface area contributed by atoms with Gasteiger partial charge in [-0.05, 0) is 95.9 Å². The summed E-state index contributed by atoms with van der Waals surface area (Å²) in [6, 6.07) is 35.4. The number of nitrogens with zero attached hydrogens (tertiary/aromatic N) is 4. The van der Waals surface area contributed by atoms with Crippen molar-refractivity contribution in [1.29, 1.82) is 0 Å². The van der Waals surface area contributed by atoms with Gasteiger partial charge in [0.05, 0.1) is 11.2 Å². The van der Waals surface area contributed by atoms with E-state index in [4.69, 9.17) is 37.4 Å². The number of carbonyl (C=O) groups is 1. The van der Waals surface area contributed by atoms with Crippen LogP contribution in [0.3, 0.4) is 0 Å². The van der Waals surface area contributed by atoms with Gasteiger partial charge in [-0.15, -0.1) is 12.4 Å². The number of piperazine rings is 1. The van der Waals surface area contributed by atoms with Crippen molar-refractivity contribution in [3.63, 3.8) is 0 Å². The third-order valence-electron chi connectivity index (χ3n) is 9.20. The first-order chi connectivity index (χ1) is 26.4. The van der Waals surface area contributed by atoms with E-state index in [9.17, 15) is 4.79 Å². The van der Waals surface area contributed by atoms with Crippen molar-refractivity contribution in [3.8, 4) is 28.8 Å². The van der Waals surface area contributed by atoms with Gasteiger partial charge in [-0.2, -0.15) is 0 Å². The Hall–Kier alpha value is -5.25. The fraction of sp³-hybridized carbons (Fsp3) is 0.182. The standard InChI is InChI=1S/C44H40Cl2N4O4.ClH/c1-32-26-35(27-41(46)44(32)54-42-18-17-39(28-47-42)53-31-36-6-2-3-7-40(36)45)12-19-43(51)50-24-22-48(23-25-50)29-33-8-10-34(11-9-33)30-52-38-15-13-37(14-16-38)49-20-4-5-21-49;/h2-21,26-28H,22-25,29-31H2,1H3;1H/b19-12+;. The molecule has 3 heterocycles. The molecule has 0 N–H and O–H groups in total. The molecule has 0 radical (unpaired) electrons. The van der Waals surface area contributed by atoms with Gasteiger partial charge < -0.3 is 23.7 Å². The maximum atomic E-state index is 13.1. The summed E-state index contributed by atoms with van der Waals surface area (Å²) in [5.41, 5.74) is 5.98. The number of aryl methyl sites for hydroxylation is 1. The lowest BCUT2D eigenvalue weighted by Crippen LogP contribution is -2.47. The number of aromatic nitrogens is 2. The number of amides is 1. The molecule has 282 valence electrons. The highest BCUT2D eigenvalue weighted by Crippen LogP contribution is 2.34. The SMILES string of the molecule is Cc1cc(/C=C/C(=O)N2CCN(Cc3ccc(COc4ccc(-n5cccc5)cc4)cc3)CC2)cc(Cl)c1Oc1ccc(OCc2ccccc2Cl)cn1.Cl. The Labute approximate surface area is 337 Å². The molecule has 1 aliphatic heterocycles. The van der Waals surface area contributed by atoms with Gasteiger partial charge in [-0.1, -0.05) is 65.7 Å². The predicted octanol–water partition coefficient (Wildman–Crippen LogP) is 10.2. The molecule has 1 aliphatic rings. The van der Waals surface area contributed by atoms with Gasteiger partial charge >= 0.3 is 0 Å². The van der Waals surface area contributed by atoms with Crippen LogP contribution in [0.2, 0.25) is 10.0 Å². The van der Waals surface area contributed by atoms with Crippen molar-refractivity contribution in [3.05, 3.63) is 172 Å². The minimum Gasteiger partial charge on any atom is -0.489 e. The van der Waals surface area contributed by atoms with E-state index in [0.29, 0.717) is 53.7 Å². The molecule has 0 aliphatic carbocycles. The molecule has 0 saturated carbocycles. The summed E-state index contributed by atoms with van der Waals surface area (Å²) in [5.74, 6) is 2.31. The van der Waals surface area contributed by atoms with Crippen LogP contribution >= 0.6 is 35.6 Å². The molecule has 0 atom stereocenters. The van der Waals surface area contributed by atoms with Gasteiger partial charge in [0, 0.05) is 73.5 Å². The molecule has 1 fully saturated rings. The van der Waals surface area contributed by atoms with E-state index in [1.165, 1.54) is 5.56 Å². The van der Waals surface area contributed by atoms with E-state index in [2.05, 4.69) is 50.8 Å². The van der Waals surface area contributed by atoms with Crippen LogP contribution in [-0.2, 0) is 24.6 Å². The number of hydrogen-bond acceptors (Lipinski definition) is 6. The second-order valence-corrected chi connectivity index (χ2v) is 13.9. The summed E-state index contributed by atoms with van der Waals surface area (Å²) in [6.45, 7) is 6.54. The fourth-order valence-electron chi connectivity index (χ4n) is 6.16. The van der Waals surface area contributed by atoms with Crippen LogP contribution in [0.15, 0.2) is 134 Å². The molecule has 4 aromatic carbocycles. The summed E-state index contributed by atoms with van der Waals surface area (Å²) >= 11 is 12.9. The van der Waals surface area contributed by atoms with E-state index in [1.54, 1.807) is 36.5 Å². The molecule has 0 spiro atoms. The van der Waals surface area contributed by atoms with E-state index in [0.717, 1.165) is 53.3 Å². The molecular formula is C44H41Cl3N4O4. The number of pyridine rings is 1. The average Bonchev–Trinajstić information content (AvgIpc) is 3.74. The molecule has 6 aromatic rings. The Morgan fingerprint density at radius 1 is 0.764 bits per heavy atom. The highest BCUT2D eigenvalue weighted by Gasteiger charge is 2.20. The fourth-order valence-corrected chi connectivity index (χ4v) is 6.67. The van der Waals surface area contributed by atoms with Crippen molar-refractivity contribution in [2.45, 2.75) is 26.7 Å². The van der Waals surface area contributed by atoms with Gasteiger partial charge in [0.1, 0.15) is 24.7 Å². The predicted molar refractivity (Wildman–Crippen MR) is 221 cm³/mol. The second-order valence-electron chi connectivity index (χ2n) is 13.1. The molecule has 7 rings (SSSR count). The molecule has 8 nitrogen and oxygen atoms in total. The Bertz CT molecular complexity index is 2160. The summed E-state index contributed by atoms with van der Waals surface area (Å²) in [4.78, 5) is 21.7. The number of hydrogen-bond donors (Lipinski definition) is 0. The summed E-state index contributed by atoms with van der Waals surface area (Å²) < 4.78 is 19.9. The lowest BCUT2D eigenvalue weighted by atomic mass is 10.1. The largest absolute Gasteiger partial charge is 0.489 e. The molecule has 2 aromatic heterocycles. The van der Waals surface area contributed by atoms with Crippen molar-refractivity contribution in [2.24, 2.45) is 0 Å². The van der Waals surface area contributed by atoms with Gasteiger partial charge in [-0.25, -0.2) is 4.98 Å². The quantitative estimate of drug-likeness (QED) is 0.109. The smallest absolute Gasteiger partial charge is 0.246 e. The molecular weight excluding hydrogens is 755 g/mol. The lowest BCUT2D eigenvalue weighted by molar-refractivity contribution is -0.127. The third kappa shape index (κ3) is 10.7. The summed E-state index contributed by atoms with van der Waals surface area (Å²) in [5, 5.41) is 1.08. The first kappa shape index (κ1) is 39.4. The van der Waals surface area contributed by atoms with E-state index >= 15 is 0 Å². The highest BCUT2D eigenvalue weighted by molar-refractivity contribution is 6.32. The van der Waals surface area contributed by atoms with Crippen molar-refractivity contribution >= 4 is 47.6 Å². The zero-order valence-corrected chi connectivity index (χ0v) is 32.6. The van der Waals surface area contributed by atoms with Gasteiger partial charge in [0.15, 0.2) is 5.75 Å². The normalized spacial score (nSPS) is 13.0. The second kappa shape index (κ2) is 18.9. The topological polar surface area (TPSA) is 69.1 Å². The summed E-state index contributed by atoms with van der Waals surface area (Å²) in [7, 11) is 0. The highest BCUT2D eigenvalue weighted by atomic mass is 35.5. The van der Waals surface area contributed by atoms with Crippen LogP contribution < -0.4 is 14.2 Å². The monoisotopic (exact) mass is 794 g/mol. The van der Waals surface area contributed by atoms with E-state index in [-0.39, 0.29) is 18.3 Å². The third-order valence-corrected chi connectivity index (χ3v) is 9.85. The molecule has 1 amide bonds. The Balaban J connectivity index is 0.00000514. The number of ether oxygens (including phenoxy) is 3. The zero-order chi connectivity index (χ0) is 37.3. The van der Waals surface area contributed by atoms with Gasteiger partial charge in [0.2, 0.25) is 11.8 Å².